The third-order valence-corrected chi connectivity index (χ3v) is 6.50. The molecular weight excluding hydrogens is 476 g/mol. The highest BCUT2D eigenvalue weighted by Gasteiger charge is 2.21. The third kappa shape index (κ3) is 6.85. The molecule has 0 spiro atoms. The minimum Gasteiger partial charge on any atom is -0.347 e. The topological polar surface area (TPSA) is 58.2 Å². The van der Waals surface area contributed by atoms with Crippen molar-refractivity contribution in [3.05, 3.63) is 143 Å². The molecular formula is C29H23ClN2O2S. The highest BCUT2D eigenvalue weighted by atomic mass is 35.5. The summed E-state index contributed by atoms with van der Waals surface area (Å²) in [5.41, 5.74) is 2.41. The van der Waals surface area contributed by atoms with Crippen molar-refractivity contribution in [1.82, 2.24) is 10.6 Å². The molecule has 0 fully saturated rings. The highest BCUT2D eigenvalue weighted by Crippen LogP contribution is 2.37. The van der Waals surface area contributed by atoms with Gasteiger partial charge in [0.2, 0.25) is 0 Å². The Bertz CT molecular complexity index is 1310. The molecule has 4 nitrogen and oxygen atoms in total. The SMILES string of the molecule is O=C(NCc1ccccc1)C(NC(=O)c1ccccc1)=C(Sc1ccc(Cl)cc1)c1ccccc1. The van der Waals surface area contributed by atoms with E-state index in [9.17, 15) is 9.59 Å². The molecule has 174 valence electrons. The van der Waals surface area contributed by atoms with Crippen LogP contribution in [0.3, 0.4) is 0 Å². The molecule has 0 aliphatic carbocycles. The average molecular weight is 499 g/mol. The molecule has 0 heterocycles. The van der Waals surface area contributed by atoms with Crippen molar-refractivity contribution in [1.29, 1.82) is 0 Å². The third-order valence-electron chi connectivity index (χ3n) is 5.09. The van der Waals surface area contributed by atoms with E-state index in [-0.39, 0.29) is 17.5 Å². The lowest BCUT2D eigenvalue weighted by molar-refractivity contribution is -0.117. The molecule has 0 aromatic heterocycles. The molecule has 0 atom stereocenters. The quantitative estimate of drug-likeness (QED) is 0.214. The zero-order valence-corrected chi connectivity index (χ0v) is 20.4. The summed E-state index contributed by atoms with van der Waals surface area (Å²) in [5, 5.41) is 6.46. The van der Waals surface area contributed by atoms with Gasteiger partial charge in [0, 0.05) is 26.9 Å². The highest BCUT2D eigenvalue weighted by molar-refractivity contribution is 8.08. The normalized spacial score (nSPS) is 11.3. The summed E-state index contributed by atoms with van der Waals surface area (Å²) in [5.74, 6) is -0.737. The molecule has 0 aliphatic heterocycles. The van der Waals surface area contributed by atoms with Crippen LogP contribution in [0.5, 0.6) is 0 Å². The first kappa shape index (κ1) is 24.3. The number of benzene rings is 4. The average Bonchev–Trinajstić information content (AvgIpc) is 2.92. The van der Waals surface area contributed by atoms with Gasteiger partial charge in [-0.15, -0.1) is 0 Å². The molecule has 2 N–H and O–H groups in total. The largest absolute Gasteiger partial charge is 0.347 e. The van der Waals surface area contributed by atoms with Crippen LogP contribution in [-0.4, -0.2) is 11.8 Å². The Morgan fingerprint density at radius 3 is 1.83 bits per heavy atom. The van der Waals surface area contributed by atoms with Crippen LogP contribution in [0.2, 0.25) is 5.02 Å². The van der Waals surface area contributed by atoms with Crippen LogP contribution in [0.1, 0.15) is 21.5 Å². The molecule has 0 bridgehead atoms. The summed E-state index contributed by atoms with van der Waals surface area (Å²) in [6.45, 7) is 0.331. The maximum Gasteiger partial charge on any atom is 0.269 e. The zero-order chi connectivity index (χ0) is 24.5. The van der Waals surface area contributed by atoms with Gasteiger partial charge in [-0.1, -0.05) is 102 Å². The number of carbonyl (C=O) groups is 2. The lowest BCUT2D eigenvalue weighted by Crippen LogP contribution is -2.35. The van der Waals surface area contributed by atoms with Crippen molar-refractivity contribution in [3.8, 4) is 0 Å². The Morgan fingerprint density at radius 2 is 1.23 bits per heavy atom. The fourth-order valence-electron chi connectivity index (χ4n) is 3.32. The van der Waals surface area contributed by atoms with Crippen molar-refractivity contribution in [2.75, 3.05) is 0 Å². The van der Waals surface area contributed by atoms with Gasteiger partial charge in [0.05, 0.1) is 0 Å². The number of thioether (sulfide) groups is 1. The first-order valence-electron chi connectivity index (χ1n) is 11.0. The van der Waals surface area contributed by atoms with E-state index in [1.165, 1.54) is 11.8 Å². The number of nitrogens with one attached hydrogen (secondary N) is 2. The Labute approximate surface area is 214 Å². The van der Waals surface area contributed by atoms with E-state index >= 15 is 0 Å². The van der Waals surface area contributed by atoms with E-state index in [0.717, 1.165) is 16.0 Å². The second kappa shape index (κ2) is 12.1. The fourth-order valence-corrected chi connectivity index (χ4v) is 4.46. The van der Waals surface area contributed by atoms with Crippen LogP contribution < -0.4 is 10.6 Å². The fraction of sp³-hybridized carbons (Fsp3) is 0.0345. The molecule has 2 amide bonds. The molecule has 0 saturated carbocycles. The standard InChI is InChI=1S/C29H23ClN2O2S/c30-24-16-18-25(19-17-24)35-27(22-12-6-2-7-13-22)26(32-28(33)23-14-8-3-9-15-23)29(34)31-20-21-10-4-1-5-11-21/h1-19H,20H2,(H,31,34)(H,32,33). The smallest absolute Gasteiger partial charge is 0.269 e. The van der Waals surface area contributed by atoms with Crippen molar-refractivity contribution in [2.24, 2.45) is 0 Å². The van der Waals surface area contributed by atoms with Crippen molar-refractivity contribution < 1.29 is 9.59 Å². The van der Waals surface area contributed by atoms with E-state index < -0.39 is 0 Å². The predicted molar refractivity (Wildman–Crippen MR) is 143 cm³/mol. The van der Waals surface area contributed by atoms with Crippen molar-refractivity contribution >= 4 is 40.1 Å². The lowest BCUT2D eigenvalue weighted by Gasteiger charge is -2.17. The summed E-state index contributed by atoms with van der Waals surface area (Å²) >= 11 is 7.46. The lowest BCUT2D eigenvalue weighted by atomic mass is 10.1. The molecule has 0 unspecified atom stereocenters. The molecule has 4 aromatic carbocycles. The number of amides is 2. The van der Waals surface area contributed by atoms with E-state index in [2.05, 4.69) is 10.6 Å². The van der Waals surface area contributed by atoms with Crippen LogP contribution >= 0.6 is 23.4 Å². The number of carbonyl (C=O) groups excluding carboxylic acids is 2. The van der Waals surface area contributed by atoms with Crippen LogP contribution in [0.15, 0.2) is 126 Å². The van der Waals surface area contributed by atoms with Gasteiger partial charge >= 0.3 is 0 Å². The Hall–Kier alpha value is -3.80. The second-order valence-electron chi connectivity index (χ2n) is 7.61. The van der Waals surface area contributed by atoms with Gasteiger partial charge in [-0.2, -0.15) is 0 Å². The van der Waals surface area contributed by atoms with Gasteiger partial charge in [-0.05, 0) is 47.5 Å². The summed E-state index contributed by atoms with van der Waals surface area (Å²) < 4.78 is 0. The van der Waals surface area contributed by atoms with Gasteiger partial charge < -0.3 is 10.6 Å². The van der Waals surface area contributed by atoms with Crippen LogP contribution in [-0.2, 0) is 11.3 Å². The first-order chi connectivity index (χ1) is 17.1. The van der Waals surface area contributed by atoms with E-state index in [0.29, 0.717) is 22.0 Å². The molecule has 4 rings (SSSR count). The molecule has 35 heavy (non-hydrogen) atoms. The van der Waals surface area contributed by atoms with Crippen LogP contribution in [0.25, 0.3) is 4.91 Å². The molecule has 0 radical (unpaired) electrons. The van der Waals surface area contributed by atoms with Crippen LogP contribution in [0, 0.1) is 0 Å². The van der Waals surface area contributed by atoms with Gasteiger partial charge in [-0.3, -0.25) is 9.59 Å². The Balaban J connectivity index is 1.74. The summed E-state index contributed by atoms with van der Waals surface area (Å²) in [4.78, 5) is 28.2. The number of rotatable bonds is 8. The first-order valence-corrected chi connectivity index (χ1v) is 12.2. The van der Waals surface area contributed by atoms with E-state index in [1.54, 1.807) is 36.4 Å². The molecule has 0 aliphatic rings. The summed E-state index contributed by atoms with van der Waals surface area (Å²) in [6, 6.07) is 35.4. The summed E-state index contributed by atoms with van der Waals surface area (Å²) in [6.07, 6.45) is 0. The second-order valence-corrected chi connectivity index (χ2v) is 9.13. The molecule has 6 heteroatoms. The maximum absolute atomic E-state index is 13.5. The minimum absolute atomic E-state index is 0.181. The van der Waals surface area contributed by atoms with Crippen molar-refractivity contribution in [2.45, 2.75) is 11.4 Å². The zero-order valence-electron chi connectivity index (χ0n) is 18.8. The number of halogens is 1. The monoisotopic (exact) mass is 498 g/mol. The molecule has 0 saturated heterocycles. The Morgan fingerprint density at radius 1 is 0.686 bits per heavy atom. The minimum atomic E-state index is -0.376. The van der Waals surface area contributed by atoms with Gasteiger partial charge in [0.25, 0.3) is 11.8 Å². The van der Waals surface area contributed by atoms with Crippen LogP contribution in [0.4, 0.5) is 0 Å². The predicted octanol–water partition coefficient (Wildman–Crippen LogP) is 6.55. The number of hydrogen-bond donors (Lipinski definition) is 2. The maximum atomic E-state index is 13.5. The van der Waals surface area contributed by atoms with E-state index in [1.807, 2.05) is 78.9 Å². The Kier molecular flexibility index (Phi) is 8.39. The van der Waals surface area contributed by atoms with Crippen molar-refractivity contribution in [3.63, 3.8) is 0 Å². The van der Waals surface area contributed by atoms with Gasteiger partial charge in [0.1, 0.15) is 5.70 Å². The summed E-state index contributed by atoms with van der Waals surface area (Å²) in [7, 11) is 0. The van der Waals surface area contributed by atoms with Gasteiger partial charge in [0.15, 0.2) is 0 Å². The van der Waals surface area contributed by atoms with E-state index in [4.69, 9.17) is 11.6 Å². The molecule has 4 aromatic rings. The van der Waals surface area contributed by atoms with Gasteiger partial charge in [-0.25, -0.2) is 0 Å². The number of hydrogen-bond acceptors (Lipinski definition) is 3.